The van der Waals surface area contributed by atoms with E-state index < -0.39 is 0 Å². The van der Waals surface area contributed by atoms with Crippen LogP contribution in [0.4, 0.5) is 0 Å². The van der Waals surface area contributed by atoms with Crippen LogP contribution in [-0.4, -0.2) is 69.8 Å². The van der Waals surface area contributed by atoms with Gasteiger partial charge in [-0.05, 0) is 17.7 Å². The average molecular weight is 323 g/mol. The van der Waals surface area contributed by atoms with Gasteiger partial charge in [-0.15, -0.1) is 0 Å². The number of carbonyl (C=O) groups is 1. The topological polar surface area (TPSA) is 77.3 Å². The molecule has 1 aliphatic rings. The van der Waals surface area contributed by atoms with Crippen molar-refractivity contribution in [2.24, 2.45) is 5.73 Å². The molecule has 0 spiro atoms. The van der Waals surface area contributed by atoms with Crippen LogP contribution in [-0.2, 0) is 11.3 Å². The number of nitrogens with two attached hydrogens (primary N) is 1. The molecule has 0 aliphatic carbocycles. The maximum Gasteiger partial charge on any atom is 0.236 e. The summed E-state index contributed by atoms with van der Waals surface area (Å²) in [6.45, 7) is 3.90. The molecule has 0 aromatic heterocycles. The van der Waals surface area contributed by atoms with Crippen LogP contribution in [0.2, 0.25) is 0 Å². The summed E-state index contributed by atoms with van der Waals surface area (Å²) in [5, 5.41) is 0. The van der Waals surface area contributed by atoms with Crippen molar-refractivity contribution < 1.29 is 19.0 Å². The Morgan fingerprint density at radius 1 is 1.04 bits per heavy atom. The first kappa shape index (κ1) is 17.4. The second-order valence-corrected chi connectivity index (χ2v) is 5.39. The second kappa shape index (κ2) is 8.03. The minimum atomic E-state index is 0.0115. The van der Waals surface area contributed by atoms with Crippen molar-refractivity contribution in [3.8, 4) is 17.2 Å². The Morgan fingerprint density at radius 3 is 2.04 bits per heavy atom. The molecule has 7 heteroatoms. The SMILES string of the molecule is COc1cc(CN2CCN(C(=O)CN)CC2)cc(OC)c1OC. The molecule has 0 radical (unpaired) electrons. The van der Waals surface area contributed by atoms with Crippen LogP contribution >= 0.6 is 0 Å². The van der Waals surface area contributed by atoms with E-state index in [-0.39, 0.29) is 12.5 Å². The third-order valence-corrected chi connectivity index (χ3v) is 4.03. The van der Waals surface area contributed by atoms with Crippen LogP contribution in [0.3, 0.4) is 0 Å². The molecule has 0 atom stereocenters. The predicted octanol–water partition coefficient (Wildman–Crippen LogP) is 0.315. The lowest BCUT2D eigenvalue weighted by atomic mass is 10.1. The van der Waals surface area contributed by atoms with Crippen LogP contribution < -0.4 is 19.9 Å². The molecule has 7 nitrogen and oxygen atoms in total. The average Bonchev–Trinajstić information content (AvgIpc) is 2.60. The van der Waals surface area contributed by atoms with Crippen molar-refractivity contribution in [2.45, 2.75) is 6.54 Å². The van der Waals surface area contributed by atoms with Crippen molar-refractivity contribution in [1.82, 2.24) is 9.80 Å². The van der Waals surface area contributed by atoms with Crippen molar-refractivity contribution in [3.63, 3.8) is 0 Å². The summed E-state index contributed by atoms with van der Waals surface area (Å²) >= 11 is 0. The van der Waals surface area contributed by atoms with E-state index in [1.807, 2.05) is 17.0 Å². The summed E-state index contributed by atoms with van der Waals surface area (Å²) in [5.74, 6) is 1.91. The summed E-state index contributed by atoms with van der Waals surface area (Å²) < 4.78 is 16.1. The molecule has 0 saturated carbocycles. The highest BCUT2D eigenvalue weighted by atomic mass is 16.5. The smallest absolute Gasteiger partial charge is 0.236 e. The van der Waals surface area contributed by atoms with Gasteiger partial charge in [0.25, 0.3) is 0 Å². The van der Waals surface area contributed by atoms with Gasteiger partial charge in [0.15, 0.2) is 11.5 Å². The van der Waals surface area contributed by atoms with E-state index in [9.17, 15) is 4.79 Å². The highest BCUT2D eigenvalue weighted by molar-refractivity contribution is 5.78. The largest absolute Gasteiger partial charge is 0.493 e. The van der Waals surface area contributed by atoms with Crippen molar-refractivity contribution >= 4 is 5.91 Å². The molecule has 1 fully saturated rings. The predicted molar refractivity (Wildman–Crippen MR) is 87.0 cm³/mol. The molecule has 1 amide bonds. The Balaban J connectivity index is 2.05. The van der Waals surface area contributed by atoms with Gasteiger partial charge in [0.2, 0.25) is 11.7 Å². The van der Waals surface area contributed by atoms with Crippen LogP contribution in [0.15, 0.2) is 12.1 Å². The van der Waals surface area contributed by atoms with Crippen LogP contribution in [0.5, 0.6) is 17.2 Å². The Kier molecular flexibility index (Phi) is 6.06. The fourth-order valence-corrected chi connectivity index (χ4v) is 2.77. The molecular weight excluding hydrogens is 298 g/mol. The van der Waals surface area contributed by atoms with Gasteiger partial charge in [0.05, 0.1) is 27.9 Å². The zero-order chi connectivity index (χ0) is 16.8. The van der Waals surface area contributed by atoms with Gasteiger partial charge in [-0.1, -0.05) is 0 Å². The fourth-order valence-electron chi connectivity index (χ4n) is 2.77. The summed E-state index contributed by atoms with van der Waals surface area (Å²) in [6, 6.07) is 3.91. The van der Waals surface area contributed by atoms with E-state index in [4.69, 9.17) is 19.9 Å². The lowest BCUT2D eigenvalue weighted by Crippen LogP contribution is -2.49. The summed E-state index contributed by atoms with van der Waals surface area (Å²) in [4.78, 5) is 15.7. The molecule has 2 rings (SSSR count). The maximum atomic E-state index is 11.6. The molecule has 0 unspecified atom stereocenters. The number of hydrogen-bond acceptors (Lipinski definition) is 6. The third kappa shape index (κ3) is 4.05. The highest BCUT2D eigenvalue weighted by Gasteiger charge is 2.21. The van der Waals surface area contributed by atoms with Gasteiger partial charge in [-0.2, -0.15) is 0 Å². The Labute approximate surface area is 136 Å². The Morgan fingerprint density at radius 2 is 1.61 bits per heavy atom. The monoisotopic (exact) mass is 323 g/mol. The zero-order valence-electron chi connectivity index (χ0n) is 14.0. The van der Waals surface area contributed by atoms with Crippen LogP contribution in [0.1, 0.15) is 5.56 Å². The van der Waals surface area contributed by atoms with Gasteiger partial charge in [-0.25, -0.2) is 0 Å². The molecule has 1 heterocycles. The molecule has 1 saturated heterocycles. The van der Waals surface area contributed by atoms with E-state index in [0.29, 0.717) is 30.3 Å². The van der Waals surface area contributed by atoms with Crippen molar-refractivity contribution in [1.29, 1.82) is 0 Å². The van der Waals surface area contributed by atoms with Gasteiger partial charge < -0.3 is 24.8 Å². The Hall–Kier alpha value is -1.99. The maximum absolute atomic E-state index is 11.6. The number of nitrogens with zero attached hydrogens (tertiary/aromatic N) is 2. The number of ether oxygens (including phenoxy) is 3. The Bertz CT molecular complexity index is 517. The van der Waals surface area contributed by atoms with Gasteiger partial charge in [-0.3, -0.25) is 9.69 Å². The molecule has 1 aliphatic heterocycles. The number of amides is 1. The number of piperazine rings is 1. The van der Waals surface area contributed by atoms with Gasteiger partial charge in [0, 0.05) is 32.7 Å². The summed E-state index contributed by atoms with van der Waals surface area (Å²) in [6.07, 6.45) is 0. The molecule has 0 bridgehead atoms. The minimum Gasteiger partial charge on any atom is -0.493 e. The molecule has 23 heavy (non-hydrogen) atoms. The van der Waals surface area contributed by atoms with E-state index in [1.165, 1.54) is 0 Å². The first-order chi connectivity index (χ1) is 11.1. The van der Waals surface area contributed by atoms with E-state index in [0.717, 1.165) is 25.2 Å². The summed E-state index contributed by atoms with van der Waals surface area (Å²) in [5.41, 5.74) is 6.49. The number of methoxy groups -OCH3 is 3. The standard InChI is InChI=1S/C16H25N3O4/c1-21-13-8-12(9-14(22-2)16(13)23-3)11-18-4-6-19(7-5-18)15(20)10-17/h8-9H,4-7,10-11,17H2,1-3H3. The normalized spacial score (nSPS) is 15.4. The quantitative estimate of drug-likeness (QED) is 0.812. The molecule has 2 N–H and O–H groups in total. The molecule has 128 valence electrons. The van der Waals surface area contributed by atoms with E-state index in [1.54, 1.807) is 21.3 Å². The van der Waals surface area contributed by atoms with Crippen molar-refractivity contribution in [3.05, 3.63) is 17.7 Å². The first-order valence-electron chi connectivity index (χ1n) is 7.62. The minimum absolute atomic E-state index is 0.0115. The molecule has 1 aromatic rings. The lowest BCUT2D eigenvalue weighted by molar-refractivity contribution is -0.131. The van der Waals surface area contributed by atoms with E-state index >= 15 is 0 Å². The number of hydrogen-bond donors (Lipinski definition) is 1. The van der Waals surface area contributed by atoms with Gasteiger partial charge >= 0.3 is 0 Å². The molecule has 1 aromatic carbocycles. The number of benzene rings is 1. The van der Waals surface area contributed by atoms with Crippen LogP contribution in [0, 0.1) is 0 Å². The number of rotatable bonds is 6. The molecular formula is C16H25N3O4. The highest BCUT2D eigenvalue weighted by Crippen LogP contribution is 2.38. The first-order valence-corrected chi connectivity index (χ1v) is 7.62. The van der Waals surface area contributed by atoms with Gasteiger partial charge in [0.1, 0.15) is 0 Å². The van der Waals surface area contributed by atoms with E-state index in [2.05, 4.69) is 4.90 Å². The summed E-state index contributed by atoms with van der Waals surface area (Å²) in [7, 11) is 4.81. The third-order valence-electron chi connectivity index (χ3n) is 4.03. The number of carbonyl (C=O) groups excluding carboxylic acids is 1. The van der Waals surface area contributed by atoms with Crippen molar-refractivity contribution in [2.75, 3.05) is 54.1 Å². The zero-order valence-corrected chi connectivity index (χ0v) is 14.0. The fraction of sp³-hybridized carbons (Fsp3) is 0.562. The lowest BCUT2D eigenvalue weighted by Gasteiger charge is -2.34. The second-order valence-electron chi connectivity index (χ2n) is 5.39. The van der Waals surface area contributed by atoms with Crippen LogP contribution in [0.25, 0.3) is 0 Å².